The Balaban J connectivity index is 1.48. The standard InChI is InChI=1S/C16H21F2NO/c17-14-6-5-12(7-15(14)18)16(20)9-19-8-13(10-1-2-10)11-3-4-11/h5-7,10-11,13,16,19-20H,1-4,8-9H2. The third-order valence-electron chi connectivity index (χ3n) is 4.50. The van der Waals surface area contributed by atoms with Gasteiger partial charge in [0.25, 0.3) is 0 Å². The summed E-state index contributed by atoms with van der Waals surface area (Å²) in [5.74, 6) is 0.699. The molecule has 1 aromatic carbocycles. The Bertz CT molecular complexity index is 460. The lowest BCUT2D eigenvalue weighted by atomic mass is 9.98. The minimum Gasteiger partial charge on any atom is -0.387 e. The summed E-state index contributed by atoms with van der Waals surface area (Å²) in [7, 11) is 0. The van der Waals surface area contributed by atoms with E-state index in [-0.39, 0.29) is 0 Å². The molecule has 1 unspecified atom stereocenters. The molecular weight excluding hydrogens is 260 g/mol. The van der Waals surface area contributed by atoms with Gasteiger partial charge in [-0.2, -0.15) is 0 Å². The molecule has 2 saturated carbocycles. The topological polar surface area (TPSA) is 32.3 Å². The van der Waals surface area contributed by atoms with Crippen molar-refractivity contribution in [2.75, 3.05) is 13.1 Å². The fraction of sp³-hybridized carbons (Fsp3) is 0.625. The normalized spacial score (nSPS) is 20.4. The minimum absolute atomic E-state index is 0.390. The number of halogens is 2. The van der Waals surface area contributed by atoms with Gasteiger partial charge in [-0.3, -0.25) is 0 Å². The predicted molar refractivity (Wildman–Crippen MR) is 73.1 cm³/mol. The molecule has 2 aliphatic carbocycles. The second-order valence-electron chi connectivity index (χ2n) is 6.19. The van der Waals surface area contributed by atoms with E-state index in [1.807, 2.05) is 0 Å². The molecular formula is C16H21F2NO. The molecule has 0 amide bonds. The zero-order valence-electron chi connectivity index (χ0n) is 11.5. The van der Waals surface area contributed by atoms with Crippen LogP contribution in [0.25, 0.3) is 0 Å². The number of hydrogen-bond donors (Lipinski definition) is 2. The number of rotatable bonds is 7. The van der Waals surface area contributed by atoms with E-state index in [9.17, 15) is 13.9 Å². The molecule has 2 nitrogen and oxygen atoms in total. The Morgan fingerprint density at radius 2 is 1.70 bits per heavy atom. The molecule has 2 fully saturated rings. The van der Waals surface area contributed by atoms with Crippen molar-refractivity contribution >= 4 is 0 Å². The van der Waals surface area contributed by atoms with Crippen molar-refractivity contribution in [2.45, 2.75) is 31.8 Å². The van der Waals surface area contributed by atoms with E-state index >= 15 is 0 Å². The SMILES string of the molecule is OC(CNCC(C1CC1)C1CC1)c1ccc(F)c(F)c1. The van der Waals surface area contributed by atoms with E-state index in [1.165, 1.54) is 31.7 Å². The fourth-order valence-corrected chi connectivity index (χ4v) is 2.99. The minimum atomic E-state index is -0.907. The third kappa shape index (κ3) is 3.36. The first-order chi connectivity index (χ1) is 9.65. The van der Waals surface area contributed by atoms with Crippen molar-refractivity contribution in [2.24, 2.45) is 17.8 Å². The first kappa shape index (κ1) is 14.0. The van der Waals surface area contributed by atoms with Gasteiger partial charge in [-0.05, 0) is 67.7 Å². The lowest BCUT2D eigenvalue weighted by Crippen LogP contribution is -2.29. The van der Waals surface area contributed by atoms with Crippen molar-refractivity contribution in [3.63, 3.8) is 0 Å². The quantitative estimate of drug-likeness (QED) is 0.805. The van der Waals surface area contributed by atoms with Gasteiger partial charge < -0.3 is 10.4 Å². The average Bonchev–Trinajstić information content (AvgIpc) is 3.29. The van der Waals surface area contributed by atoms with E-state index < -0.39 is 17.7 Å². The lowest BCUT2D eigenvalue weighted by molar-refractivity contribution is 0.170. The van der Waals surface area contributed by atoms with Crippen LogP contribution >= 0.6 is 0 Å². The van der Waals surface area contributed by atoms with Crippen molar-refractivity contribution in [1.29, 1.82) is 0 Å². The van der Waals surface area contributed by atoms with Crippen LogP contribution in [0.4, 0.5) is 8.78 Å². The molecule has 1 atom stereocenters. The molecule has 0 radical (unpaired) electrons. The Kier molecular flexibility index (Phi) is 4.03. The Hall–Kier alpha value is -1.00. The monoisotopic (exact) mass is 281 g/mol. The number of aliphatic hydroxyl groups is 1. The summed E-state index contributed by atoms with van der Waals surface area (Å²) in [4.78, 5) is 0. The molecule has 0 aliphatic heterocycles. The van der Waals surface area contributed by atoms with Crippen molar-refractivity contribution in [3.05, 3.63) is 35.4 Å². The first-order valence-corrected chi connectivity index (χ1v) is 7.49. The smallest absolute Gasteiger partial charge is 0.159 e. The van der Waals surface area contributed by atoms with Gasteiger partial charge in [0.15, 0.2) is 11.6 Å². The Morgan fingerprint density at radius 1 is 1.05 bits per heavy atom. The van der Waals surface area contributed by atoms with Gasteiger partial charge in [-0.25, -0.2) is 8.78 Å². The maximum absolute atomic E-state index is 13.1. The summed E-state index contributed by atoms with van der Waals surface area (Å²) in [5.41, 5.74) is 0.422. The van der Waals surface area contributed by atoms with Crippen molar-refractivity contribution in [3.8, 4) is 0 Å². The summed E-state index contributed by atoms with van der Waals surface area (Å²) < 4.78 is 26.0. The third-order valence-corrected chi connectivity index (χ3v) is 4.50. The highest BCUT2D eigenvalue weighted by Gasteiger charge is 2.40. The van der Waals surface area contributed by atoms with Gasteiger partial charge in [-0.1, -0.05) is 6.07 Å². The van der Waals surface area contributed by atoms with Crippen LogP contribution in [0.2, 0.25) is 0 Å². The summed E-state index contributed by atoms with van der Waals surface area (Å²) in [6, 6.07) is 3.57. The highest BCUT2D eigenvalue weighted by Crippen LogP contribution is 2.48. The molecule has 4 heteroatoms. The van der Waals surface area contributed by atoms with Gasteiger partial charge in [0, 0.05) is 6.54 Å². The maximum atomic E-state index is 13.1. The van der Waals surface area contributed by atoms with Gasteiger partial charge in [-0.15, -0.1) is 0 Å². The Morgan fingerprint density at radius 3 is 2.25 bits per heavy atom. The van der Waals surface area contributed by atoms with Crippen LogP contribution < -0.4 is 5.32 Å². The number of hydrogen-bond acceptors (Lipinski definition) is 2. The van der Waals surface area contributed by atoms with E-state index in [4.69, 9.17) is 0 Å². The zero-order valence-corrected chi connectivity index (χ0v) is 11.5. The van der Waals surface area contributed by atoms with Crippen LogP contribution in [0.5, 0.6) is 0 Å². The van der Waals surface area contributed by atoms with Crippen LogP contribution in [0, 0.1) is 29.4 Å². The fourth-order valence-electron chi connectivity index (χ4n) is 2.99. The van der Waals surface area contributed by atoms with E-state index in [1.54, 1.807) is 0 Å². The average molecular weight is 281 g/mol. The van der Waals surface area contributed by atoms with Crippen molar-refractivity contribution in [1.82, 2.24) is 5.32 Å². The van der Waals surface area contributed by atoms with E-state index in [0.717, 1.165) is 36.4 Å². The van der Waals surface area contributed by atoms with Crippen LogP contribution in [-0.2, 0) is 0 Å². The molecule has 0 aromatic heterocycles. The van der Waals surface area contributed by atoms with Crippen LogP contribution in [0.15, 0.2) is 18.2 Å². The summed E-state index contributed by atoms with van der Waals surface area (Å²) in [6.07, 6.45) is 4.58. The predicted octanol–water partition coefficient (Wildman–Crippen LogP) is 3.02. The second-order valence-corrected chi connectivity index (χ2v) is 6.19. The lowest BCUT2D eigenvalue weighted by Gasteiger charge is -2.18. The highest BCUT2D eigenvalue weighted by atomic mass is 19.2. The molecule has 3 rings (SSSR count). The molecule has 1 aromatic rings. The van der Waals surface area contributed by atoms with Gasteiger partial charge >= 0.3 is 0 Å². The zero-order chi connectivity index (χ0) is 14.1. The van der Waals surface area contributed by atoms with Crippen LogP contribution in [0.1, 0.15) is 37.4 Å². The van der Waals surface area contributed by atoms with Gasteiger partial charge in [0.05, 0.1) is 6.10 Å². The molecule has 0 spiro atoms. The number of nitrogens with one attached hydrogen (secondary N) is 1. The second kappa shape index (κ2) is 5.78. The number of aliphatic hydroxyl groups excluding tert-OH is 1. The van der Waals surface area contributed by atoms with Crippen LogP contribution in [0.3, 0.4) is 0 Å². The highest BCUT2D eigenvalue weighted by molar-refractivity contribution is 5.20. The summed E-state index contributed by atoms with van der Waals surface area (Å²) in [6.45, 7) is 1.32. The van der Waals surface area contributed by atoms with E-state index in [0.29, 0.717) is 12.1 Å². The van der Waals surface area contributed by atoms with Crippen molar-refractivity contribution < 1.29 is 13.9 Å². The molecule has 20 heavy (non-hydrogen) atoms. The molecule has 110 valence electrons. The largest absolute Gasteiger partial charge is 0.387 e. The molecule has 2 aliphatic rings. The molecule has 2 N–H and O–H groups in total. The maximum Gasteiger partial charge on any atom is 0.159 e. The van der Waals surface area contributed by atoms with Gasteiger partial charge in [0.1, 0.15) is 0 Å². The van der Waals surface area contributed by atoms with Gasteiger partial charge in [0.2, 0.25) is 0 Å². The molecule has 0 saturated heterocycles. The van der Waals surface area contributed by atoms with E-state index in [2.05, 4.69) is 5.32 Å². The first-order valence-electron chi connectivity index (χ1n) is 7.49. The summed E-state index contributed by atoms with van der Waals surface area (Å²) >= 11 is 0. The molecule has 0 heterocycles. The van der Waals surface area contributed by atoms with Crippen LogP contribution in [-0.4, -0.2) is 18.2 Å². The summed E-state index contributed by atoms with van der Waals surface area (Å²) in [5, 5.41) is 13.3. The molecule has 0 bridgehead atoms. The Labute approximate surface area is 118 Å². The number of benzene rings is 1.